The van der Waals surface area contributed by atoms with E-state index in [0.29, 0.717) is 16.1 Å². The smallest absolute Gasteiger partial charge is 0.420 e. The first-order valence-electron chi connectivity index (χ1n) is 5.51. The summed E-state index contributed by atoms with van der Waals surface area (Å²) in [5, 5.41) is 0.466. The summed E-state index contributed by atoms with van der Waals surface area (Å²) < 4.78 is 11.2. The minimum Gasteiger partial charge on any atom is -0.464 e. The first-order valence-corrected chi connectivity index (χ1v) is 5.89. The van der Waals surface area contributed by atoms with E-state index in [1.807, 2.05) is 0 Å². The Hall–Kier alpha value is -1.75. The van der Waals surface area contributed by atoms with Crippen molar-refractivity contribution in [2.45, 2.75) is 19.9 Å². The minimum absolute atomic E-state index is 0.258. The Morgan fingerprint density at radius 2 is 2.28 bits per heavy atom. The summed E-state index contributed by atoms with van der Waals surface area (Å²) in [6.07, 6.45) is 0. The van der Waals surface area contributed by atoms with Crippen LogP contribution >= 0.6 is 11.6 Å². The molecule has 6 heteroatoms. The zero-order valence-corrected chi connectivity index (χ0v) is 10.7. The van der Waals surface area contributed by atoms with Crippen molar-refractivity contribution in [2.24, 2.45) is 0 Å². The number of hydrogen-bond acceptors (Lipinski definition) is 4. The summed E-state index contributed by atoms with van der Waals surface area (Å²) in [5.41, 5.74) is 0.869. The summed E-state index contributed by atoms with van der Waals surface area (Å²) in [5.74, 6) is -1.09. The molecule has 96 valence electrons. The van der Waals surface area contributed by atoms with E-state index < -0.39 is 17.8 Å². The number of esters is 1. The second kappa shape index (κ2) is 4.86. The van der Waals surface area contributed by atoms with Crippen LogP contribution in [0.2, 0.25) is 5.02 Å². The molecule has 0 spiro atoms. The van der Waals surface area contributed by atoms with E-state index in [2.05, 4.69) is 0 Å². The minimum atomic E-state index is -0.753. The molecule has 1 aromatic carbocycles. The van der Waals surface area contributed by atoms with Crippen LogP contribution in [0.25, 0.3) is 11.1 Å². The number of rotatable bonds is 3. The van der Waals surface area contributed by atoms with Crippen LogP contribution in [-0.2, 0) is 9.53 Å². The Kier molecular flexibility index (Phi) is 3.43. The summed E-state index contributed by atoms with van der Waals surface area (Å²) in [4.78, 5) is 23.4. The van der Waals surface area contributed by atoms with Crippen molar-refractivity contribution in [3.63, 3.8) is 0 Å². The Bertz CT molecular complexity index is 643. The Morgan fingerprint density at radius 3 is 2.94 bits per heavy atom. The maximum Gasteiger partial charge on any atom is 0.420 e. The highest BCUT2D eigenvalue weighted by atomic mass is 35.5. The van der Waals surface area contributed by atoms with Gasteiger partial charge in [0, 0.05) is 5.02 Å². The van der Waals surface area contributed by atoms with Crippen molar-refractivity contribution in [1.82, 2.24) is 4.57 Å². The van der Waals surface area contributed by atoms with Crippen LogP contribution in [-0.4, -0.2) is 17.1 Å². The Labute approximate surface area is 108 Å². The molecule has 2 rings (SSSR count). The molecule has 1 aromatic heterocycles. The number of fused-ring (bicyclic) bond motifs is 1. The molecule has 1 heterocycles. The van der Waals surface area contributed by atoms with Gasteiger partial charge in [0.1, 0.15) is 6.04 Å². The highest BCUT2D eigenvalue weighted by Crippen LogP contribution is 2.21. The van der Waals surface area contributed by atoms with Gasteiger partial charge >= 0.3 is 11.7 Å². The molecular weight excluding hydrogens is 258 g/mol. The van der Waals surface area contributed by atoms with E-state index in [0.717, 1.165) is 0 Å². The lowest BCUT2D eigenvalue weighted by atomic mass is 10.3. The molecule has 0 N–H and O–H groups in total. The van der Waals surface area contributed by atoms with Crippen molar-refractivity contribution in [3.05, 3.63) is 33.8 Å². The zero-order chi connectivity index (χ0) is 13.3. The number of carbonyl (C=O) groups excluding carboxylic acids is 1. The quantitative estimate of drug-likeness (QED) is 0.803. The zero-order valence-electron chi connectivity index (χ0n) is 9.97. The molecule has 0 aliphatic heterocycles. The van der Waals surface area contributed by atoms with Gasteiger partial charge in [0.15, 0.2) is 5.58 Å². The lowest BCUT2D eigenvalue weighted by molar-refractivity contribution is -0.146. The molecule has 18 heavy (non-hydrogen) atoms. The van der Waals surface area contributed by atoms with Crippen LogP contribution in [0.3, 0.4) is 0 Å². The lowest BCUT2D eigenvalue weighted by Gasteiger charge is -2.11. The van der Waals surface area contributed by atoms with E-state index in [1.165, 1.54) is 4.57 Å². The van der Waals surface area contributed by atoms with Crippen LogP contribution in [0.4, 0.5) is 0 Å². The molecule has 0 aliphatic carbocycles. The number of ether oxygens (including phenoxy) is 1. The van der Waals surface area contributed by atoms with Crippen molar-refractivity contribution in [3.8, 4) is 0 Å². The second-order valence-electron chi connectivity index (χ2n) is 3.78. The number of benzene rings is 1. The summed E-state index contributed by atoms with van der Waals surface area (Å²) in [7, 11) is 0. The van der Waals surface area contributed by atoms with Gasteiger partial charge in [0.2, 0.25) is 0 Å². The van der Waals surface area contributed by atoms with E-state index >= 15 is 0 Å². The monoisotopic (exact) mass is 269 g/mol. The number of oxazole rings is 1. The largest absolute Gasteiger partial charge is 0.464 e. The van der Waals surface area contributed by atoms with Crippen LogP contribution in [0.5, 0.6) is 0 Å². The molecule has 0 fully saturated rings. The predicted octanol–water partition coefficient (Wildman–Crippen LogP) is 2.37. The summed E-state index contributed by atoms with van der Waals surface area (Å²) >= 11 is 5.87. The van der Waals surface area contributed by atoms with Crippen LogP contribution in [0.1, 0.15) is 19.9 Å². The third-order valence-electron chi connectivity index (χ3n) is 2.59. The van der Waals surface area contributed by atoms with Gasteiger partial charge in [-0.1, -0.05) is 11.6 Å². The van der Waals surface area contributed by atoms with E-state index in [1.54, 1.807) is 32.0 Å². The molecule has 1 unspecified atom stereocenters. The fraction of sp³-hybridized carbons (Fsp3) is 0.333. The van der Waals surface area contributed by atoms with Crippen molar-refractivity contribution >= 4 is 28.7 Å². The number of hydrogen-bond donors (Lipinski definition) is 0. The molecule has 0 saturated carbocycles. The average molecular weight is 270 g/mol. The third-order valence-corrected chi connectivity index (χ3v) is 2.82. The van der Waals surface area contributed by atoms with Gasteiger partial charge in [-0.25, -0.2) is 9.59 Å². The summed E-state index contributed by atoms with van der Waals surface area (Å²) in [6, 6.07) is 4.04. The summed E-state index contributed by atoms with van der Waals surface area (Å²) in [6.45, 7) is 3.54. The number of nitrogens with zero attached hydrogens (tertiary/aromatic N) is 1. The Morgan fingerprint density at radius 1 is 1.56 bits per heavy atom. The first kappa shape index (κ1) is 12.7. The maximum absolute atomic E-state index is 11.7. The highest BCUT2D eigenvalue weighted by Gasteiger charge is 2.22. The van der Waals surface area contributed by atoms with Gasteiger partial charge in [-0.15, -0.1) is 0 Å². The van der Waals surface area contributed by atoms with Gasteiger partial charge in [-0.2, -0.15) is 0 Å². The van der Waals surface area contributed by atoms with Crippen molar-refractivity contribution in [1.29, 1.82) is 0 Å². The molecule has 1 atom stereocenters. The fourth-order valence-electron chi connectivity index (χ4n) is 1.74. The fourth-order valence-corrected chi connectivity index (χ4v) is 1.91. The van der Waals surface area contributed by atoms with Gasteiger partial charge in [-0.05, 0) is 32.0 Å². The highest BCUT2D eigenvalue weighted by molar-refractivity contribution is 6.31. The van der Waals surface area contributed by atoms with E-state index in [-0.39, 0.29) is 6.61 Å². The van der Waals surface area contributed by atoms with Gasteiger partial charge in [-0.3, -0.25) is 4.57 Å². The number of aromatic nitrogens is 1. The molecule has 0 bridgehead atoms. The van der Waals surface area contributed by atoms with Gasteiger partial charge in [0.05, 0.1) is 12.1 Å². The first-order chi connectivity index (χ1) is 8.54. The molecule has 0 amide bonds. The topological polar surface area (TPSA) is 61.4 Å². The maximum atomic E-state index is 11.7. The van der Waals surface area contributed by atoms with E-state index in [4.69, 9.17) is 20.8 Å². The molecule has 0 aliphatic rings. The SMILES string of the molecule is CCOC(=O)C(C)n1c(=O)oc2ccc(Cl)cc21. The average Bonchev–Trinajstić information content (AvgIpc) is 2.64. The van der Waals surface area contributed by atoms with E-state index in [9.17, 15) is 9.59 Å². The van der Waals surface area contributed by atoms with Gasteiger partial charge in [0.25, 0.3) is 0 Å². The number of carbonyl (C=O) groups is 1. The normalized spacial score (nSPS) is 12.6. The standard InChI is InChI=1S/C12H12ClNO4/c1-3-17-11(15)7(2)14-9-6-8(13)4-5-10(9)18-12(14)16/h4-7H,3H2,1-2H3. The van der Waals surface area contributed by atoms with Crippen LogP contribution in [0.15, 0.2) is 27.4 Å². The molecule has 0 saturated heterocycles. The second-order valence-corrected chi connectivity index (χ2v) is 4.21. The molecule has 5 nitrogen and oxygen atoms in total. The van der Waals surface area contributed by atoms with Gasteiger partial charge < -0.3 is 9.15 Å². The molecular formula is C12H12ClNO4. The number of halogens is 1. The van der Waals surface area contributed by atoms with Crippen molar-refractivity contribution in [2.75, 3.05) is 6.61 Å². The van der Waals surface area contributed by atoms with Crippen molar-refractivity contribution < 1.29 is 13.9 Å². The molecule has 2 aromatic rings. The Balaban J connectivity index is 2.56. The van der Waals surface area contributed by atoms with Crippen LogP contribution in [0, 0.1) is 0 Å². The van der Waals surface area contributed by atoms with Crippen LogP contribution < -0.4 is 5.76 Å². The molecule has 0 radical (unpaired) electrons. The predicted molar refractivity (Wildman–Crippen MR) is 66.8 cm³/mol. The lowest BCUT2D eigenvalue weighted by Crippen LogP contribution is -2.26. The third kappa shape index (κ3) is 2.13.